The van der Waals surface area contributed by atoms with Crippen LogP contribution in [0.15, 0.2) is 30.3 Å². The standard InChI is InChI=1S/C12H15FN2O/c13-12(7-4-8-14-9-12)11(16)15-10-5-2-1-3-6-10/h1-3,5-6,14H,4,7-9H2,(H,15,16). The van der Waals surface area contributed by atoms with Crippen LogP contribution >= 0.6 is 0 Å². The van der Waals surface area contributed by atoms with Gasteiger partial charge in [0.05, 0.1) is 0 Å². The van der Waals surface area contributed by atoms with E-state index in [4.69, 9.17) is 0 Å². The van der Waals surface area contributed by atoms with Gasteiger partial charge in [0, 0.05) is 12.2 Å². The number of rotatable bonds is 2. The molecule has 1 aliphatic heterocycles. The van der Waals surface area contributed by atoms with Gasteiger partial charge in [0.15, 0.2) is 0 Å². The number of anilines is 1. The Morgan fingerprint density at radius 2 is 2.12 bits per heavy atom. The van der Waals surface area contributed by atoms with Crippen molar-refractivity contribution in [3.63, 3.8) is 0 Å². The number of para-hydroxylation sites is 1. The predicted molar refractivity (Wildman–Crippen MR) is 61.0 cm³/mol. The smallest absolute Gasteiger partial charge is 0.263 e. The summed E-state index contributed by atoms with van der Waals surface area (Å²) in [7, 11) is 0. The van der Waals surface area contributed by atoms with Gasteiger partial charge in [-0.1, -0.05) is 18.2 Å². The summed E-state index contributed by atoms with van der Waals surface area (Å²) < 4.78 is 14.2. The highest BCUT2D eigenvalue weighted by molar-refractivity contribution is 5.97. The van der Waals surface area contributed by atoms with Crippen LogP contribution < -0.4 is 10.6 Å². The molecule has 2 N–H and O–H groups in total. The average Bonchev–Trinajstić information content (AvgIpc) is 2.31. The number of alkyl halides is 1. The van der Waals surface area contributed by atoms with Crippen molar-refractivity contribution in [2.45, 2.75) is 18.5 Å². The summed E-state index contributed by atoms with van der Waals surface area (Å²) in [5, 5.41) is 5.50. The zero-order chi connectivity index (χ0) is 11.4. The van der Waals surface area contributed by atoms with Crippen LogP contribution in [0.2, 0.25) is 0 Å². The molecule has 1 unspecified atom stereocenters. The molecule has 0 aliphatic carbocycles. The number of carbonyl (C=O) groups is 1. The first-order valence-corrected chi connectivity index (χ1v) is 5.47. The van der Waals surface area contributed by atoms with Crippen molar-refractivity contribution in [2.24, 2.45) is 0 Å². The van der Waals surface area contributed by atoms with E-state index in [1.807, 2.05) is 6.07 Å². The number of halogens is 1. The van der Waals surface area contributed by atoms with Crippen LogP contribution in [-0.2, 0) is 4.79 Å². The Balaban J connectivity index is 2.02. The van der Waals surface area contributed by atoms with Crippen LogP contribution in [0.1, 0.15) is 12.8 Å². The van der Waals surface area contributed by atoms with Crippen LogP contribution in [0, 0.1) is 0 Å². The molecule has 0 spiro atoms. The summed E-state index contributed by atoms with van der Waals surface area (Å²) in [4.78, 5) is 11.8. The van der Waals surface area contributed by atoms with Crippen LogP contribution in [0.4, 0.5) is 10.1 Å². The minimum Gasteiger partial charge on any atom is -0.323 e. The van der Waals surface area contributed by atoms with Crippen molar-refractivity contribution >= 4 is 11.6 Å². The number of hydrogen-bond donors (Lipinski definition) is 2. The Hall–Kier alpha value is -1.42. The lowest BCUT2D eigenvalue weighted by atomic mass is 9.95. The molecule has 3 nitrogen and oxygen atoms in total. The molecule has 0 bridgehead atoms. The van der Waals surface area contributed by atoms with E-state index < -0.39 is 11.6 Å². The average molecular weight is 222 g/mol. The molecule has 1 saturated heterocycles. The van der Waals surface area contributed by atoms with Crippen LogP contribution in [0.5, 0.6) is 0 Å². The monoisotopic (exact) mass is 222 g/mol. The van der Waals surface area contributed by atoms with Gasteiger partial charge in [-0.25, -0.2) is 4.39 Å². The summed E-state index contributed by atoms with van der Waals surface area (Å²) in [6, 6.07) is 8.96. The minimum absolute atomic E-state index is 0.103. The SMILES string of the molecule is O=C(Nc1ccccc1)C1(F)CCCNC1. The third kappa shape index (κ3) is 2.39. The van der Waals surface area contributed by atoms with Crippen molar-refractivity contribution in [3.8, 4) is 0 Å². The fourth-order valence-electron chi connectivity index (χ4n) is 1.83. The van der Waals surface area contributed by atoms with E-state index in [1.165, 1.54) is 0 Å². The van der Waals surface area contributed by atoms with E-state index in [2.05, 4.69) is 10.6 Å². The topological polar surface area (TPSA) is 41.1 Å². The number of amides is 1. The van der Waals surface area contributed by atoms with E-state index in [0.717, 1.165) is 6.54 Å². The molecule has 1 fully saturated rings. The number of nitrogens with one attached hydrogen (secondary N) is 2. The highest BCUT2D eigenvalue weighted by Gasteiger charge is 2.39. The van der Waals surface area contributed by atoms with E-state index in [9.17, 15) is 9.18 Å². The molecule has 86 valence electrons. The molecule has 1 atom stereocenters. The van der Waals surface area contributed by atoms with Crippen molar-refractivity contribution in [1.29, 1.82) is 0 Å². The van der Waals surface area contributed by atoms with Crippen molar-refractivity contribution in [3.05, 3.63) is 30.3 Å². The molecule has 1 aromatic carbocycles. The maximum Gasteiger partial charge on any atom is 0.263 e. The van der Waals surface area contributed by atoms with Gasteiger partial charge in [-0.05, 0) is 31.5 Å². The lowest BCUT2D eigenvalue weighted by Gasteiger charge is -2.28. The fourth-order valence-corrected chi connectivity index (χ4v) is 1.83. The number of carbonyl (C=O) groups excluding carboxylic acids is 1. The second kappa shape index (κ2) is 4.61. The second-order valence-electron chi connectivity index (χ2n) is 4.07. The normalized spacial score (nSPS) is 25.1. The van der Waals surface area contributed by atoms with Crippen molar-refractivity contribution in [2.75, 3.05) is 18.4 Å². The van der Waals surface area contributed by atoms with Gasteiger partial charge in [0.25, 0.3) is 5.91 Å². The fraction of sp³-hybridized carbons (Fsp3) is 0.417. The summed E-state index contributed by atoms with van der Waals surface area (Å²) in [6.45, 7) is 0.885. The first-order chi connectivity index (χ1) is 7.71. The predicted octanol–water partition coefficient (Wildman–Crippen LogP) is 1.72. The quantitative estimate of drug-likeness (QED) is 0.800. The van der Waals surface area contributed by atoms with Gasteiger partial charge < -0.3 is 10.6 Å². The van der Waals surface area contributed by atoms with E-state index in [0.29, 0.717) is 18.5 Å². The minimum atomic E-state index is -1.77. The molecule has 4 heteroatoms. The summed E-state index contributed by atoms with van der Waals surface area (Å²) >= 11 is 0. The number of hydrogen-bond acceptors (Lipinski definition) is 2. The highest BCUT2D eigenvalue weighted by atomic mass is 19.1. The van der Waals surface area contributed by atoms with E-state index >= 15 is 0 Å². The van der Waals surface area contributed by atoms with Crippen LogP contribution in [0.25, 0.3) is 0 Å². The van der Waals surface area contributed by atoms with Gasteiger partial charge in [0.2, 0.25) is 5.67 Å². The number of benzene rings is 1. The summed E-state index contributed by atoms with van der Waals surface area (Å²) in [5.41, 5.74) is -1.14. The van der Waals surface area contributed by atoms with Crippen LogP contribution in [-0.4, -0.2) is 24.7 Å². The molecule has 0 saturated carbocycles. The van der Waals surface area contributed by atoms with Gasteiger partial charge in [0.1, 0.15) is 0 Å². The Morgan fingerprint density at radius 1 is 1.38 bits per heavy atom. The Labute approximate surface area is 94.0 Å². The second-order valence-corrected chi connectivity index (χ2v) is 4.07. The molecule has 0 aromatic heterocycles. The van der Waals surface area contributed by atoms with Gasteiger partial charge in [-0.15, -0.1) is 0 Å². The number of piperidine rings is 1. The molecule has 1 amide bonds. The molecular formula is C12H15FN2O. The largest absolute Gasteiger partial charge is 0.323 e. The molecule has 1 aliphatic rings. The van der Waals surface area contributed by atoms with E-state index in [-0.39, 0.29) is 6.54 Å². The van der Waals surface area contributed by atoms with Crippen molar-refractivity contribution in [1.82, 2.24) is 5.32 Å². The molecule has 1 heterocycles. The van der Waals surface area contributed by atoms with Gasteiger partial charge >= 0.3 is 0 Å². The molecule has 1 aromatic rings. The molecule has 16 heavy (non-hydrogen) atoms. The summed E-state index contributed by atoms with van der Waals surface area (Å²) in [5.74, 6) is -0.550. The highest BCUT2D eigenvalue weighted by Crippen LogP contribution is 2.22. The van der Waals surface area contributed by atoms with Gasteiger partial charge in [-0.3, -0.25) is 4.79 Å². The Kier molecular flexibility index (Phi) is 3.19. The maximum absolute atomic E-state index is 14.2. The maximum atomic E-state index is 14.2. The Bertz CT molecular complexity index is 361. The zero-order valence-electron chi connectivity index (χ0n) is 9.00. The van der Waals surface area contributed by atoms with E-state index in [1.54, 1.807) is 24.3 Å². The first kappa shape index (κ1) is 11.1. The molecule has 0 radical (unpaired) electrons. The molecule has 2 rings (SSSR count). The lowest BCUT2D eigenvalue weighted by Crippen LogP contribution is -2.50. The third-order valence-electron chi connectivity index (χ3n) is 2.77. The van der Waals surface area contributed by atoms with Crippen LogP contribution in [0.3, 0.4) is 0 Å². The lowest BCUT2D eigenvalue weighted by molar-refractivity contribution is -0.128. The molecular weight excluding hydrogens is 207 g/mol. The first-order valence-electron chi connectivity index (χ1n) is 5.47. The van der Waals surface area contributed by atoms with Gasteiger partial charge in [-0.2, -0.15) is 0 Å². The zero-order valence-corrected chi connectivity index (χ0v) is 9.00. The third-order valence-corrected chi connectivity index (χ3v) is 2.77. The van der Waals surface area contributed by atoms with Crippen molar-refractivity contribution < 1.29 is 9.18 Å². The Morgan fingerprint density at radius 3 is 2.75 bits per heavy atom. The summed E-state index contributed by atoms with van der Waals surface area (Å²) in [6.07, 6.45) is 0.984.